The maximum absolute atomic E-state index is 2.76. The van der Waals surface area contributed by atoms with Crippen LogP contribution in [0.25, 0.3) is 0 Å². The van der Waals surface area contributed by atoms with Crippen LogP contribution < -0.4 is 0 Å². The molecule has 0 bridgehead atoms. The Kier molecular flexibility index (Phi) is 5.20. The van der Waals surface area contributed by atoms with Crippen LogP contribution in [0.5, 0.6) is 0 Å². The molecule has 3 heterocycles. The summed E-state index contributed by atoms with van der Waals surface area (Å²) in [5.41, 5.74) is 0. The Hall–Kier alpha value is -0.160. The quantitative estimate of drug-likeness (QED) is 0.771. The van der Waals surface area contributed by atoms with Gasteiger partial charge in [0, 0.05) is 57.9 Å². The Balaban J connectivity index is 1.44. The lowest BCUT2D eigenvalue weighted by Crippen LogP contribution is -2.61. The Bertz CT molecular complexity index is 325. The highest BCUT2D eigenvalue weighted by Gasteiger charge is 2.32. The maximum Gasteiger partial charge on any atom is 0.0351 e. The number of piperidine rings is 1. The minimum Gasteiger partial charge on any atom is -0.303 e. The van der Waals surface area contributed by atoms with Gasteiger partial charge in [0.25, 0.3) is 0 Å². The predicted molar refractivity (Wildman–Crippen MR) is 88.7 cm³/mol. The number of hydrogen-bond acceptors (Lipinski definition) is 4. The molecule has 4 nitrogen and oxygen atoms in total. The lowest BCUT2D eigenvalue weighted by molar-refractivity contribution is 0.00992. The van der Waals surface area contributed by atoms with Gasteiger partial charge in [0.2, 0.25) is 0 Å². The van der Waals surface area contributed by atoms with Crippen molar-refractivity contribution in [1.82, 2.24) is 19.6 Å². The summed E-state index contributed by atoms with van der Waals surface area (Å²) in [7, 11) is 2.28. The average Bonchev–Trinajstić information content (AvgIpc) is 2.47. The van der Waals surface area contributed by atoms with Gasteiger partial charge < -0.3 is 14.7 Å². The molecule has 1 atom stereocenters. The molecule has 0 spiro atoms. The summed E-state index contributed by atoms with van der Waals surface area (Å²) >= 11 is 0. The first-order chi connectivity index (χ1) is 10.1. The third-order valence-electron chi connectivity index (χ3n) is 5.88. The highest BCUT2D eigenvalue weighted by atomic mass is 15.3. The minimum absolute atomic E-state index is 0.729. The molecule has 3 aliphatic rings. The number of piperazine rings is 2. The zero-order valence-corrected chi connectivity index (χ0v) is 14.3. The Morgan fingerprint density at radius 1 is 0.905 bits per heavy atom. The highest BCUT2D eigenvalue weighted by molar-refractivity contribution is 4.89. The zero-order valence-electron chi connectivity index (χ0n) is 14.3. The molecule has 0 unspecified atom stereocenters. The van der Waals surface area contributed by atoms with Crippen LogP contribution in [0, 0.1) is 5.92 Å². The Morgan fingerprint density at radius 2 is 1.62 bits per heavy atom. The van der Waals surface area contributed by atoms with Crippen molar-refractivity contribution in [2.24, 2.45) is 5.92 Å². The molecule has 0 aromatic carbocycles. The summed E-state index contributed by atoms with van der Waals surface area (Å²) < 4.78 is 0. The molecule has 0 radical (unpaired) electrons. The monoisotopic (exact) mass is 294 g/mol. The summed E-state index contributed by atoms with van der Waals surface area (Å²) in [5, 5.41) is 0. The smallest absolute Gasteiger partial charge is 0.0351 e. The summed E-state index contributed by atoms with van der Waals surface area (Å²) in [6.07, 6.45) is 2.81. The van der Waals surface area contributed by atoms with Gasteiger partial charge >= 0.3 is 0 Å². The fraction of sp³-hybridized carbons (Fsp3) is 1.00. The predicted octanol–water partition coefficient (Wildman–Crippen LogP) is 1.04. The molecule has 122 valence electrons. The molecule has 3 aliphatic heterocycles. The van der Waals surface area contributed by atoms with Gasteiger partial charge in [0.15, 0.2) is 0 Å². The van der Waals surface area contributed by atoms with Crippen LogP contribution in [-0.4, -0.2) is 97.6 Å². The van der Waals surface area contributed by atoms with Gasteiger partial charge in [-0.1, -0.05) is 0 Å². The Morgan fingerprint density at radius 3 is 2.33 bits per heavy atom. The molecule has 0 aromatic heterocycles. The van der Waals surface area contributed by atoms with E-state index < -0.39 is 0 Å². The van der Waals surface area contributed by atoms with Crippen LogP contribution >= 0.6 is 0 Å². The standard InChI is InChI=1S/C17H34N4/c1-15(2)20-6-4-16(5-7-20)12-19-9-11-21-10-8-18(3)13-17(21)14-19/h15-17H,4-14H2,1-3H3/t17-/m1/s1. The molecule has 3 fully saturated rings. The van der Waals surface area contributed by atoms with Crippen molar-refractivity contribution in [3.63, 3.8) is 0 Å². The first-order valence-electron chi connectivity index (χ1n) is 9.01. The molecule has 0 amide bonds. The van der Waals surface area contributed by atoms with E-state index in [2.05, 4.69) is 40.5 Å². The van der Waals surface area contributed by atoms with Crippen molar-refractivity contribution in [2.45, 2.75) is 38.8 Å². The van der Waals surface area contributed by atoms with E-state index in [0.717, 1.165) is 18.0 Å². The fourth-order valence-corrected chi connectivity index (χ4v) is 4.36. The van der Waals surface area contributed by atoms with Crippen molar-refractivity contribution in [3.05, 3.63) is 0 Å². The second-order valence-electron chi connectivity index (χ2n) is 7.78. The SMILES string of the molecule is CC(C)N1CCC(CN2CCN3CCN(C)C[C@@H]3C2)CC1. The molecule has 4 heteroatoms. The third-order valence-corrected chi connectivity index (χ3v) is 5.88. The van der Waals surface area contributed by atoms with E-state index in [1.54, 1.807) is 0 Å². The van der Waals surface area contributed by atoms with E-state index in [1.165, 1.54) is 71.7 Å². The van der Waals surface area contributed by atoms with Gasteiger partial charge in [-0.15, -0.1) is 0 Å². The van der Waals surface area contributed by atoms with Crippen LogP contribution in [0.1, 0.15) is 26.7 Å². The Labute approximate surface area is 131 Å². The van der Waals surface area contributed by atoms with E-state index in [9.17, 15) is 0 Å². The maximum atomic E-state index is 2.76. The topological polar surface area (TPSA) is 13.0 Å². The van der Waals surface area contributed by atoms with E-state index in [1.807, 2.05) is 0 Å². The van der Waals surface area contributed by atoms with Crippen LogP contribution in [0.3, 0.4) is 0 Å². The van der Waals surface area contributed by atoms with Gasteiger partial charge in [0.1, 0.15) is 0 Å². The molecule has 0 aromatic rings. The second kappa shape index (κ2) is 6.95. The highest BCUT2D eigenvalue weighted by Crippen LogP contribution is 2.22. The largest absolute Gasteiger partial charge is 0.303 e. The zero-order chi connectivity index (χ0) is 14.8. The summed E-state index contributed by atoms with van der Waals surface area (Å²) in [4.78, 5) is 10.6. The minimum atomic E-state index is 0.729. The fourth-order valence-electron chi connectivity index (χ4n) is 4.36. The lowest BCUT2D eigenvalue weighted by Gasteiger charge is -2.47. The van der Waals surface area contributed by atoms with Crippen LogP contribution in [-0.2, 0) is 0 Å². The van der Waals surface area contributed by atoms with Crippen molar-refractivity contribution in [3.8, 4) is 0 Å². The molecule has 3 saturated heterocycles. The van der Waals surface area contributed by atoms with E-state index >= 15 is 0 Å². The number of likely N-dealkylation sites (N-methyl/N-ethyl adjacent to an activating group) is 1. The molecule has 0 saturated carbocycles. The van der Waals surface area contributed by atoms with Crippen LogP contribution in [0.4, 0.5) is 0 Å². The summed E-state index contributed by atoms with van der Waals surface area (Å²) in [6.45, 7) is 16.3. The molecule has 0 N–H and O–H groups in total. The number of rotatable bonds is 3. The number of hydrogen-bond donors (Lipinski definition) is 0. The second-order valence-corrected chi connectivity index (χ2v) is 7.78. The van der Waals surface area contributed by atoms with Crippen molar-refractivity contribution in [1.29, 1.82) is 0 Å². The van der Waals surface area contributed by atoms with Crippen molar-refractivity contribution < 1.29 is 0 Å². The van der Waals surface area contributed by atoms with Gasteiger partial charge in [-0.3, -0.25) is 4.90 Å². The lowest BCUT2D eigenvalue weighted by atomic mass is 9.94. The van der Waals surface area contributed by atoms with Crippen LogP contribution in [0.2, 0.25) is 0 Å². The van der Waals surface area contributed by atoms with Gasteiger partial charge in [0.05, 0.1) is 0 Å². The van der Waals surface area contributed by atoms with Crippen LogP contribution in [0.15, 0.2) is 0 Å². The van der Waals surface area contributed by atoms with Gasteiger partial charge in [-0.25, -0.2) is 0 Å². The summed E-state index contributed by atoms with van der Waals surface area (Å²) in [6, 6.07) is 1.51. The molecule has 0 aliphatic carbocycles. The number of nitrogens with zero attached hydrogens (tertiary/aromatic N) is 4. The van der Waals surface area contributed by atoms with E-state index in [4.69, 9.17) is 0 Å². The normalized spacial score (nSPS) is 31.7. The third kappa shape index (κ3) is 3.98. The first kappa shape index (κ1) is 15.7. The molecular weight excluding hydrogens is 260 g/mol. The number of fused-ring (bicyclic) bond motifs is 1. The molecule has 21 heavy (non-hydrogen) atoms. The van der Waals surface area contributed by atoms with E-state index in [0.29, 0.717) is 0 Å². The number of likely N-dealkylation sites (tertiary alicyclic amines) is 1. The molecule has 3 rings (SSSR count). The average molecular weight is 294 g/mol. The van der Waals surface area contributed by atoms with Gasteiger partial charge in [-0.2, -0.15) is 0 Å². The van der Waals surface area contributed by atoms with Crippen molar-refractivity contribution in [2.75, 3.05) is 66.0 Å². The van der Waals surface area contributed by atoms with Gasteiger partial charge in [-0.05, 0) is 52.7 Å². The first-order valence-corrected chi connectivity index (χ1v) is 9.01. The molecular formula is C17H34N4. The van der Waals surface area contributed by atoms with Crippen molar-refractivity contribution >= 4 is 0 Å². The van der Waals surface area contributed by atoms with E-state index in [-0.39, 0.29) is 0 Å². The summed E-state index contributed by atoms with van der Waals surface area (Å²) in [5.74, 6) is 0.938.